The summed E-state index contributed by atoms with van der Waals surface area (Å²) in [5, 5.41) is 4.22. The fraction of sp³-hybridized carbons (Fsp3) is 0.625. The van der Waals surface area contributed by atoms with Crippen LogP contribution >= 0.6 is 11.6 Å². The molecule has 0 saturated carbocycles. The molecule has 1 fully saturated rings. The Bertz CT molecular complexity index is 494. The molecule has 1 aromatic rings. The summed E-state index contributed by atoms with van der Waals surface area (Å²) >= 11 is 6.40. The summed E-state index contributed by atoms with van der Waals surface area (Å²) < 4.78 is 11.0. The number of benzene rings is 1. The maximum Gasteiger partial charge on any atom is 0.179 e. The van der Waals surface area contributed by atoms with Gasteiger partial charge in [-0.2, -0.15) is 0 Å². The van der Waals surface area contributed by atoms with E-state index in [0.717, 1.165) is 18.7 Å². The third-order valence-corrected chi connectivity index (χ3v) is 4.46. The standard InChI is InChI=1S/C16H24ClNO2/c1-10(2)13-11(16(3)7-6-8-18-16)9-12(17)14(19-4)15(13)20-5/h9-10,18H,6-8H2,1-5H3. The topological polar surface area (TPSA) is 30.5 Å². The lowest BCUT2D eigenvalue weighted by Crippen LogP contribution is -2.34. The Balaban J connectivity index is 2.70. The Morgan fingerprint density at radius 2 is 1.90 bits per heavy atom. The van der Waals surface area contributed by atoms with Crippen molar-refractivity contribution in [3.05, 3.63) is 22.2 Å². The van der Waals surface area contributed by atoms with Crippen LogP contribution in [0.25, 0.3) is 0 Å². The molecule has 3 nitrogen and oxygen atoms in total. The second-order valence-corrected chi connectivity index (χ2v) is 6.31. The minimum absolute atomic E-state index is 0.0389. The molecular formula is C16H24ClNO2. The van der Waals surface area contributed by atoms with E-state index < -0.39 is 0 Å². The number of hydrogen-bond acceptors (Lipinski definition) is 3. The van der Waals surface area contributed by atoms with Crippen molar-refractivity contribution in [1.82, 2.24) is 5.32 Å². The zero-order valence-electron chi connectivity index (χ0n) is 13.0. The average Bonchev–Trinajstić information content (AvgIpc) is 2.85. The first kappa shape index (κ1) is 15.5. The van der Waals surface area contributed by atoms with Crippen LogP contribution in [0.1, 0.15) is 50.7 Å². The van der Waals surface area contributed by atoms with Crippen LogP contribution < -0.4 is 14.8 Å². The maximum atomic E-state index is 6.40. The fourth-order valence-corrected chi connectivity index (χ4v) is 3.44. The van der Waals surface area contributed by atoms with Crippen molar-refractivity contribution < 1.29 is 9.47 Å². The van der Waals surface area contributed by atoms with Crippen molar-refractivity contribution in [3.8, 4) is 11.5 Å². The predicted molar refractivity (Wildman–Crippen MR) is 83.2 cm³/mol. The number of hydrogen-bond donors (Lipinski definition) is 1. The van der Waals surface area contributed by atoms with Crippen molar-refractivity contribution >= 4 is 11.6 Å². The molecule has 0 radical (unpaired) electrons. The molecular weight excluding hydrogens is 274 g/mol. The second-order valence-electron chi connectivity index (χ2n) is 5.90. The molecule has 0 bridgehead atoms. The largest absolute Gasteiger partial charge is 0.492 e. The molecule has 0 spiro atoms. The summed E-state index contributed by atoms with van der Waals surface area (Å²) in [7, 11) is 3.30. The number of nitrogens with one attached hydrogen (secondary N) is 1. The summed E-state index contributed by atoms with van der Waals surface area (Å²) in [6.07, 6.45) is 2.29. The van der Waals surface area contributed by atoms with Crippen molar-refractivity contribution in [2.45, 2.75) is 45.1 Å². The van der Waals surface area contributed by atoms with Gasteiger partial charge in [-0.3, -0.25) is 0 Å². The van der Waals surface area contributed by atoms with Gasteiger partial charge in [-0.05, 0) is 43.9 Å². The zero-order chi connectivity index (χ0) is 14.9. The molecule has 1 atom stereocenters. The predicted octanol–water partition coefficient (Wildman–Crippen LogP) is 4.08. The second kappa shape index (κ2) is 5.82. The van der Waals surface area contributed by atoms with Crippen LogP contribution in [0.2, 0.25) is 5.02 Å². The van der Waals surface area contributed by atoms with E-state index in [1.165, 1.54) is 17.5 Å². The van der Waals surface area contributed by atoms with E-state index >= 15 is 0 Å². The summed E-state index contributed by atoms with van der Waals surface area (Å²) in [5.41, 5.74) is 2.38. The molecule has 1 aromatic carbocycles. The van der Waals surface area contributed by atoms with Crippen molar-refractivity contribution in [2.75, 3.05) is 20.8 Å². The molecule has 1 N–H and O–H groups in total. The van der Waals surface area contributed by atoms with Gasteiger partial charge in [0.1, 0.15) is 0 Å². The SMILES string of the molecule is COc1c(Cl)cc(C2(C)CCCN2)c(C(C)C)c1OC. The van der Waals surface area contributed by atoms with Gasteiger partial charge in [0.15, 0.2) is 11.5 Å². The fourth-order valence-electron chi connectivity index (χ4n) is 3.17. The minimum atomic E-state index is -0.0389. The molecule has 1 heterocycles. The van der Waals surface area contributed by atoms with Crippen LogP contribution in [0.5, 0.6) is 11.5 Å². The van der Waals surface area contributed by atoms with E-state index in [4.69, 9.17) is 21.1 Å². The first-order valence-electron chi connectivity index (χ1n) is 7.14. The summed E-state index contributed by atoms with van der Waals surface area (Å²) in [4.78, 5) is 0. The van der Waals surface area contributed by atoms with Gasteiger partial charge in [0.25, 0.3) is 0 Å². The van der Waals surface area contributed by atoms with Gasteiger partial charge in [-0.15, -0.1) is 0 Å². The van der Waals surface area contributed by atoms with Crippen molar-refractivity contribution in [2.24, 2.45) is 0 Å². The van der Waals surface area contributed by atoms with Crippen LogP contribution in [-0.4, -0.2) is 20.8 Å². The maximum absolute atomic E-state index is 6.40. The van der Waals surface area contributed by atoms with E-state index in [9.17, 15) is 0 Å². The molecule has 1 saturated heterocycles. The molecule has 0 aliphatic carbocycles. The number of halogens is 1. The molecule has 1 aliphatic heterocycles. The van der Waals surface area contributed by atoms with Gasteiger partial charge in [0.2, 0.25) is 0 Å². The van der Waals surface area contributed by atoms with Crippen molar-refractivity contribution in [1.29, 1.82) is 0 Å². The summed E-state index contributed by atoms with van der Waals surface area (Å²) in [6.45, 7) is 7.63. The Morgan fingerprint density at radius 1 is 1.25 bits per heavy atom. The molecule has 4 heteroatoms. The minimum Gasteiger partial charge on any atom is -0.492 e. The van der Waals surface area contributed by atoms with Crippen LogP contribution in [-0.2, 0) is 5.54 Å². The Morgan fingerprint density at radius 3 is 2.35 bits per heavy atom. The van der Waals surface area contributed by atoms with E-state index in [0.29, 0.717) is 16.7 Å². The molecule has 0 amide bonds. The van der Waals surface area contributed by atoms with Gasteiger partial charge in [0, 0.05) is 11.1 Å². The van der Waals surface area contributed by atoms with E-state index in [-0.39, 0.29) is 5.54 Å². The van der Waals surface area contributed by atoms with E-state index in [1.807, 2.05) is 6.07 Å². The first-order valence-corrected chi connectivity index (χ1v) is 7.52. The highest BCUT2D eigenvalue weighted by Crippen LogP contribution is 2.47. The Hall–Kier alpha value is -0.930. The molecule has 0 aromatic heterocycles. The monoisotopic (exact) mass is 297 g/mol. The quantitative estimate of drug-likeness (QED) is 0.908. The van der Waals surface area contributed by atoms with E-state index in [1.54, 1.807) is 14.2 Å². The van der Waals surface area contributed by atoms with Gasteiger partial charge in [-0.25, -0.2) is 0 Å². The molecule has 20 heavy (non-hydrogen) atoms. The lowest BCUT2D eigenvalue weighted by Gasteiger charge is -2.31. The summed E-state index contributed by atoms with van der Waals surface area (Å²) in [6, 6.07) is 2.04. The van der Waals surface area contributed by atoms with Gasteiger partial charge < -0.3 is 14.8 Å². The lowest BCUT2D eigenvalue weighted by molar-refractivity contribution is 0.345. The van der Waals surface area contributed by atoms with Crippen LogP contribution in [0, 0.1) is 0 Å². The highest BCUT2D eigenvalue weighted by Gasteiger charge is 2.35. The number of ether oxygens (including phenoxy) is 2. The van der Waals surface area contributed by atoms with E-state index in [2.05, 4.69) is 26.1 Å². The Labute approximate surface area is 126 Å². The normalized spacial score (nSPS) is 22.4. The summed E-state index contributed by atoms with van der Waals surface area (Å²) in [5.74, 6) is 1.73. The molecule has 1 unspecified atom stereocenters. The smallest absolute Gasteiger partial charge is 0.179 e. The molecule has 2 rings (SSSR count). The number of methoxy groups -OCH3 is 2. The Kier molecular flexibility index (Phi) is 4.50. The number of rotatable bonds is 4. The van der Waals surface area contributed by atoms with Crippen LogP contribution in [0.15, 0.2) is 6.07 Å². The third-order valence-electron chi connectivity index (χ3n) is 4.18. The van der Waals surface area contributed by atoms with Crippen LogP contribution in [0.3, 0.4) is 0 Å². The zero-order valence-corrected chi connectivity index (χ0v) is 13.7. The van der Waals surface area contributed by atoms with Crippen LogP contribution in [0.4, 0.5) is 0 Å². The molecule has 1 aliphatic rings. The highest BCUT2D eigenvalue weighted by atomic mass is 35.5. The van der Waals surface area contributed by atoms with Gasteiger partial charge in [0.05, 0.1) is 19.2 Å². The van der Waals surface area contributed by atoms with Crippen molar-refractivity contribution in [3.63, 3.8) is 0 Å². The first-order chi connectivity index (χ1) is 9.44. The highest BCUT2D eigenvalue weighted by molar-refractivity contribution is 6.32. The average molecular weight is 298 g/mol. The van der Waals surface area contributed by atoms with Gasteiger partial charge in [-0.1, -0.05) is 25.4 Å². The van der Waals surface area contributed by atoms with Gasteiger partial charge >= 0.3 is 0 Å². The lowest BCUT2D eigenvalue weighted by atomic mass is 9.82. The third kappa shape index (κ3) is 2.49. The molecule has 112 valence electrons.